The van der Waals surface area contributed by atoms with Gasteiger partial charge in [-0.1, -0.05) is 32.9 Å². The number of benzene rings is 1. The number of nitrogens with two attached hydrogens (primary N) is 1. The van der Waals surface area contributed by atoms with Crippen LogP contribution >= 0.6 is 0 Å². The fourth-order valence-corrected chi connectivity index (χ4v) is 1.94. The van der Waals surface area contributed by atoms with Gasteiger partial charge in [0, 0.05) is 12.6 Å². The number of ether oxygens (including phenoxy) is 1. The van der Waals surface area contributed by atoms with Gasteiger partial charge in [-0.2, -0.15) is 0 Å². The van der Waals surface area contributed by atoms with E-state index in [4.69, 9.17) is 10.5 Å². The van der Waals surface area contributed by atoms with Gasteiger partial charge in [0.25, 0.3) is 0 Å². The zero-order valence-corrected chi connectivity index (χ0v) is 12.9. The minimum Gasteiger partial charge on any atom is -0.494 e. The highest BCUT2D eigenvalue weighted by Crippen LogP contribution is 2.24. The predicted octanol–water partition coefficient (Wildman–Crippen LogP) is 2.64. The molecule has 3 nitrogen and oxygen atoms in total. The van der Waals surface area contributed by atoms with Gasteiger partial charge >= 0.3 is 0 Å². The Bertz CT molecular complexity index is 365. The van der Waals surface area contributed by atoms with Gasteiger partial charge in [0.1, 0.15) is 5.75 Å². The van der Waals surface area contributed by atoms with E-state index in [9.17, 15) is 0 Å². The summed E-state index contributed by atoms with van der Waals surface area (Å²) in [5, 5.41) is 0. The van der Waals surface area contributed by atoms with E-state index in [1.165, 1.54) is 5.56 Å². The van der Waals surface area contributed by atoms with Crippen LogP contribution in [0.2, 0.25) is 0 Å². The molecular formula is C16H28N2O. The summed E-state index contributed by atoms with van der Waals surface area (Å²) in [4.78, 5) is 2.10. The van der Waals surface area contributed by atoms with Gasteiger partial charge in [0.2, 0.25) is 0 Å². The quantitative estimate of drug-likeness (QED) is 0.858. The van der Waals surface area contributed by atoms with Gasteiger partial charge in [-0.3, -0.25) is 0 Å². The molecule has 1 aromatic carbocycles. The fraction of sp³-hybridized carbons (Fsp3) is 0.625. The standard InChI is InChI=1S/C16H28N2O/c1-16(2,3)13-6-8-15(9-7-13)19-11-10-14(17)12-18(4)5/h6-9,14H,10-12,17H2,1-5H3. The van der Waals surface area contributed by atoms with Gasteiger partial charge in [-0.25, -0.2) is 0 Å². The van der Waals surface area contributed by atoms with Crippen LogP contribution in [0.25, 0.3) is 0 Å². The Morgan fingerprint density at radius 2 is 1.74 bits per heavy atom. The molecule has 0 radical (unpaired) electrons. The minimum atomic E-state index is 0.170. The second kappa shape index (κ2) is 6.92. The van der Waals surface area contributed by atoms with Crippen LogP contribution in [0.5, 0.6) is 5.75 Å². The average Bonchev–Trinajstić information content (AvgIpc) is 2.27. The third-order valence-electron chi connectivity index (χ3n) is 3.08. The number of rotatable bonds is 6. The van der Waals surface area contributed by atoms with E-state index in [0.29, 0.717) is 6.61 Å². The second-order valence-electron chi connectivity index (χ2n) is 6.43. The van der Waals surface area contributed by atoms with Crippen LogP contribution in [0.3, 0.4) is 0 Å². The minimum absolute atomic E-state index is 0.170. The van der Waals surface area contributed by atoms with Crippen molar-refractivity contribution in [3.05, 3.63) is 29.8 Å². The summed E-state index contributed by atoms with van der Waals surface area (Å²) >= 11 is 0. The highest BCUT2D eigenvalue weighted by molar-refractivity contribution is 5.31. The maximum atomic E-state index is 6.00. The molecule has 0 heterocycles. The van der Waals surface area contributed by atoms with Gasteiger partial charge in [-0.15, -0.1) is 0 Å². The maximum absolute atomic E-state index is 6.00. The molecule has 0 fully saturated rings. The van der Waals surface area contributed by atoms with Crippen LogP contribution < -0.4 is 10.5 Å². The number of likely N-dealkylation sites (N-methyl/N-ethyl adjacent to an activating group) is 1. The molecule has 0 aliphatic rings. The average molecular weight is 264 g/mol. The lowest BCUT2D eigenvalue weighted by atomic mass is 9.87. The zero-order valence-electron chi connectivity index (χ0n) is 12.9. The fourth-order valence-electron chi connectivity index (χ4n) is 1.94. The smallest absolute Gasteiger partial charge is 0.119 e. The normalized spacial score (nSPS) is 13.6. The Balaban J connectivity index is 2.38. The van der Waals surface area contributed by atoms with E-state index >= 15 is 0 Å². The van der Waals surface area contributed by atoms with Crippen LogP contribution in [0.1, 0.15) is 32.8 Å². The highest BCUT2D eigenvalue weighted by Gasteiger charge is 2.13. The Kier molecular flexibility index (Phi) is 5.83. The Morgan fingerprint density at radius 1 is 1.16 bits per heavy atom. The third kappa shape index (κ3) is 6.08. The molecule has 1 atom stereocenters. The molecule has 1 aromatic rings. The number of nitrogens with zero attached hydrogens (tertiary/aromatic N) is 1. The van der Waals surface area contributed by atoms with E-state index in [1.54, 1.807) is 0 Å². The van der Waals surface area contributed by atoms with Crippen molar-refractivity contribution in [1.82, 2.24) is 4.90 Å². The van der Waals surface area contributed by atoms with Gasteiger partial charge in [0.05, 0.1) is 6.61 Å². The molecule has 0 spiro atoms. The highest BCUT2D eigenvalue weighted by atomic mass is 16.5. The van der Waals surface area contributed by atoms with Crippen molar-refractivity contribution in [2.24, 2.45) is 5.73 Å². The molecule has 1 rings (SSSR count). The second-order valence-corrected chi connectivity index (χ2v) is 6.43. The predicted molar refractivity (Wildman–Crippen MR) is 81.8 cm³/mol. The molecule has 2 N–H and O–H groups in total. The largest absolute Gasteiger partial charge is 0.494 e. The first-order valence-corrected chi connectivity index (χ1v) is 6.92. The van der Waals surface area contributed by atoms with Crippen molar-refractivity contribution in [3.63, 3.8) is 0 Å². The first kappa shape index (κ1) is 16.0. The molecule has 0 aliphatic carbocycles. The van der Waals surface area contributed by atoms with Crippen LogP contribution in [0.4, 0.5) is 0 Å². The van der Waals surface area contributed by atoms with E-state index in [2.05, 4.69) is 37.8 Å². The Morgan fingerprint density at radius 3 is 2.21 bits per heavy atom. The van der Waals surface area contributed by atoms with Gasteiger partial charge < -0.3 is 15.4 Å². The van der Waals surface area contributed by atoms with Crippen molar-refractivity contribution in [1.29, 1.82) is 0 Å². The van der Waals surface area contributed by atoms with E-state index in [1.807, 2.05) is 26.2 Å². The van der Waals surface area contributed by atoms with Crippen LogP contribution in [0.15, 0.2) is 24.3 Å². The van der Waals surface area contributed by atoms with Gasteiger partial charge in [-0.05, 0) is 43.6 Å². The molecule has 0 bridgehead atoms. The molecule has 0 aliphatic heterocycles. The Hall–Kier alpha value is -1.06. The van der Waals surface area contributed by atoms with Crippen molar-refractivity contribution in [3.8, 4) is 5.75 Å². The molecule has 0 amide bonds. The zero-order chi connectivity index (χ0) is 14.5. The van der Waals surface area contributed by atoms with E-state index < -0.39 is 0 Å². The summed E-state index contributed by atoms with van der Waals surface area (Å²) in [6.07, 6.45) is 0.874. The third-order valence-corrected chi connectivity index (χ3v) is 3.08. The molecule has 108 valence electrons. The van der Waals surface area contributed by atoms with Gasteiger partial charge in [0.15, 0.2) is 0 Å². The summed E-state index contributed by atoms with van der Waals surface area (Å²) in [6.45, 7) is 8.20. The van der Waals surface area contributed by atoms with Crippen LogP contribution in [0, 0.1) is 0 Å². The van der Waals surface area contributed by atoms with E-state index in [-0.39, 0.29) is 11.5 Å². The van der Waals surface area contributed by atoms with Crippen LogP contribution in [-0.4, -0.2) is 38.2 Å². The number of hydrogen-bond donors (Lipinski definition) is 1. The molecule has 3 heteroatoms. The topological polar surface area (TPSA) is 38.5 Å². The molecule has 1 unspecified atom stereocenters. The SMILES string of the molecule is CN(C)CC(N)CCOc1ccc(C(C)(C)C)cc1. The molecule has 0 aromatic heterocycles. The molecular weight excluding hydrogens is 236 g/mol. The van der Waals surface area contributed by atoms with Crippen molar-refractivity contribution >= 4 is 0 Å². The first-order chi connectivity index (χ1) is 8.79. The maximum Gasteiger partial charge on any atom is 0.119 e. The van der Waals surface area contributed by atoms with E-state index in [0.717, 1.165) is 18.7 Å². The summed E-state index contributed by atoms with van der Waals surface area (Å²) in [5.41, 5.74) is 7.51. The molecule has 0 saturated heterocycles. The van der Waals surface area contributed by atoms with Crippen LogP contribution in [-0.2, 0) is 5.41 Å². The Labute approximate surface area is 117 Å². The lowest BCUT2D eigenvalue weighted by molar-refractivity contribution is 0.277. The summed E-state index contributed by atoms with van der Waals surface area (Å²) in [7, 11) is 4.07. The summed E-state index contributed by atoms with van der Waals surface area (Å²) in [6, 6.07) is 8.52. The lowest BCUT2D eigenvalue weighted by Crippen LogP contribution is -2.34. The van der Waals surface area contributed by atoms with Crippen molar-refractivity contribution < 1.29 is 4.74 Å². The monoisotopic (exact) mass is 264 g/mol. The molecule has 19 heavy (non-hydrogen) atoms. The first-order valence-electron chi connectivity index (χ1n) is 6.92. The van der Waals surface area contributed by atoms with Crippen molar-refractivity contribution in [2.45, 2.75) is 38.6 Å². The summed E-state index contributed by atoms with van der Waals surface area (Å²) < 4.78 is 5.73. The summed E-state index contributed by atoms with van der Waals surface area (Å²) in [5.74, 6) is 0.921. The van der Waals surface area contributed by atoms with Crippen molar-refractivity contribution in [2.75, 3.05) is 27.2 Å². The molecule has 0 saturated carbocycles. The number of hydrogen-bond acceptors (Lipinski definition) is 3. The lowest BCUT2D eigenvalue weighted by Gasteiger charge is -2.19.